The molecule has 9 heteroatoms. The van der Waals surface area contributed by atoms with Crippen LogP contribution in [-0.2, 0) is 11.3 Å². The number of hydrogen-bond acceptors (Lipinski definition) is 7. The lowest BCUT2D eigenvalue weighted by molar-refractivity contribution is -0.121. The molecule has 1 aromatic heterocycles. The van der Waals surface area contributed by atoms with Gasteiger partial charge in [0.2, 0.25) is 0 Å². The fourth-order valence-electron chi connectivity index (χ4n) is 4.51. The number of amides is 1. The molecule has 2 aliphatic heterocycles. The van der Waals surface area contributed by atoms with Crippen molar-refractivity contribution in [2.75, 3.05) is 42.5 Å². The first-order valence-electron chi connectivity index (χ1n) is 11.5. The molecule has 2 aliphatic rings. The third-order valence-corrected chi connectivity index (χ3v) is 7.70. The zero-order chi connectivity index (χ0) is 25.1. The van der Waals surface area contributed by atoms with Crippen molar-refractivity contribution in [3.05, 3.63) is 74.9 Å². The van der Waals surface area contributed by atoms with Crippen LogP contribution >= 0.6 is 24.0 Å². The Balaban J connectivity index is 1.78. The molecule has 1 amide bonds. The number of rotatable bonds is 6. The minimum atomic E-state index is -0.302. The number of hydrogen-bond donors (Lipinski definition) is 0. The summed E-state index contributed by atoms with van der Waals surface area (Å²) < 4.78 is 2.13. The second-order valence-corrected chi connectivity index (χ2v) is 9.96. The molecule has 180 valence electrons. The number of carbonyl (C=O) groups excluding carboxylic acids is 1. The molecule has 4 rings (SSSR count). The molecule has 0 unspecified atom stereocenters. The molecular weight excluding hydrogens is 478 g/mol. The molecule has 0 aliphatic carbocycles. The standard InChI is InChI=1S/C26H27N5O2S2/c1-4-11-31-25(33)22(35-26(31)34)16-20-18(3)21(17-27)24(32)30(5-2)23(20)29-14-12-28(13-15-29)19-9-7-6-8-10-19/h4,6-10,16H,1,5,11-15H2,2-3H3. The van der Waals surface area contributed by atoms with E-state index in [4.69, 9.17) is 12.2 Å². The van der Waals surface area contributed by atoms with Crippen LogP contribution in [0.15, 0.2) is 52.7 Å². The zero-order valence-corrected chi connectivity index (χ0v) is 21.5. The van der Waals surface area contributed by atoms with Crippen molar-refractivity contribution in [1.29, 1.82) is 5.26 Å². The summed E-state index contributed by atoms with van der Waals surface area (Å²) in [6.45, 7) is 11.1. The van der Waals surface area contributed by atoms with E-state index in [0.717, 1.165) is 24.5 Å². The molecule has 3 heterocycles. The number of anilines is 2. The van der Waals surface area contributed by atoms with Crippen LogP contribution in [0.4, 0.5) is 11.5 Å². The number of thiocarbonyl (C=S) groups is 1. The molecule has 2 fully saturated rings. The fraction of sp³-hybridized carbons (Fsp3) is 0.308. The number of para-hydroxylation sites is 1. The molecule has 2 aromatic rings. The Bertz CT molecular complexity index is 1300. The summed E-state index contributed by atoms with van der Waals surface area (Å²) in [5.74, 6) is 0.558. The normalized spacial score (nSPS) is 17.3. The maximum absolute atomic E-state index is 13.2. The number of piperazine rings is 1. The molecule has 0 N–H and O–H groups in total. The second kappa shape index (κ2) is 10.5. The maximum atomic E-state index is 13.2. The van der Waals surface area contributed by atoms with Crippen LogP contribution in [0.1, 0.15) is 23.6 Å². The van der Waals surface area contributed by atoms with E-state index in [1.807, 2.05) is 25.1 Å². The van der Waals surface area contributed by atoms with Crippen molar-refractivity contribution in [3.63, 3.8) is 0 Å². The number of carbonyl (C=O) groups is 1. The van der Waals surface area contributed by atoms with Gasteiger partial charge in [-0.05, 0) is 37.6 Å². The monoisotopic (exact) mass is 505 g/mol. The van der Waals surface area contributed by atoms with Gasteiger partial charge in [0.15, 0.2) is 0 Å². The number of nitrogens with zero attached hydrogens (tertiary/aromatic N) is 5. The quantitative estimate of drug-likeness (QED) is 0.336. The van der Waals surface area contributed by atoms with Crippen molar-refractivity contribution in [2.45, 2.75) is 20.4 Å². The second-order valence-electron chi connectivity index (χ2n) is 8.29. The highest BCUT2D eigenvalue weighted by molar-refractivity contribution is 8.26. The van der Waals surface area contributed by atoms with Crippen molar-refractivity contribution in [1.82, 2.24) is 9.47 Å². The summed E-state index contributed by atoms with van der Waals surface area (Å²) in [5.41, 5.74) is 2.27. The zero-order valence-electron chi connectivity index (χ0n) is 19.9. The molecule has 0 bridgehead atoms. The van der Waals surface area contributed by atoms with Crippen molar-refractivity contribution < 1.29 is 4.79 Å². The molecule has 7 nitrogen and oxygen atoms in total. The Labute approximate surface area is 214 Å². The molecule has 0 spiro atoms. The van der Waals surface area contributed by atoms with Crippen LogP contribution in [-0.4, -0.2) is 52.4 Å². The maximum Gasteiger partial charge on any atom is 0.270 e. The highest BCUT2D eigenvalue weighted by Gasteiger charge is 2.33. The van der Waals surface area contributed by atoms with Crippen LogP contribution < -0.4 is 15.4 Å². The molecule has 2 saturated heterocycles. The predicted octanol–water partition coefficient (Wildman–Crippen LogP) is 3.76. The van der Waals surface area contributed by atoms with Crippen molar-refractivity contribution >= 4 is 51.8 Å². The Morgan fingerprint density at radius 2 is 1.80 bits per heavy atom. The lowest BCUT2D eigenvalue weighted by atomic mass is 10.0. The van der Waals surface area contributed by atoms with Crippen molar-refractivity contribution in [2.24, 2.45) is 0 Å². The molecular formula is C26H27N5O2S2. The van der Waals surface area contributed by atoms with Crippen LogP contribution in [0.3, 0.4) is 0 Å². The van der Waals surface area contributed by atoms with Gasteiger partial charge < -0.3 is 9.80 Å². The van der Waals surface area contributed by atoms with Crippen LogP contribution in [0.5, 0.6) is 0 Å². The van der Waals surface area contributed by atoms with E-state index in [-0.39, 0.29) is 17.0 Å². The van der Waals surface area contributed by atoms with E-state index in [0.29, 0.717) is 41.0 Å². The van der Waals surface area contributed by atoms with E-state index in [2.05, 4.69) is 34.6 Å². The van der Waals surface area contributed by atoms with Crippen LogP contribution in [0, 0.1) is 18.3 Å². The first kappa shape index (κ1) is 24.8. The van der Waals surface area contributed by atoms with Gasteiger partial charge >= 0.3 is 0 Å². The average Bonchev–Trinajstić information content (AvgIpc) is 3.14. The number of pyridine rings is 1. The van der Waals surface area contributed by atoms with Gasteiger partial charge in [-0.15, -0.1) is 6.58 Å². The van der Waals surface area contributed by atoms with Crippen molar-refractivity contribution in [3.8, 4) is 6.07 Å². The number of benzene rings is 1. The molecule has 0 atom stereocenters. The number of thioether (sulfide) groups is 1. The summed E-state index contributed by atoms with van der Waals surface area (Å²) in [5, 5.41) is 9.76. The van der Waals surface area contributed by atoms with Gasteiger partial charge in [0.05, 0.1) is 4.91 Å². The van der Waals surface area contributed by atoms with E-state index in [1.54, 1.807) is 23.6 Å². The molecule has 0 saturated carbocycles. The van der Waals surface area contributed by atoms with Gasteiger partial charge in [0.1, 0.15) is 21.8 Å². The van der Waals surface area contributed by atoms with Gasteiger partial charge in [-0.3, -0.25) is 19.1 Å². The lowest BCUT2D eigenvalue weighted by Gasteiger charge is -2.39. The minimum Gasteiger partial charge on any atom is -0.368 e. The first-order valence-corrected chi connectivity index (χ1v) is 12.7. The molecule has 1 aromatic carbocycles. The third-order valence-electron chi connectivity index (χ3n) is 6.32. The molecule has 35 heavy (non-hydrogen) atoms. The third kappa shape index (κ3) is 4.64. The van der Waals surface area contributed by atoms with Gasteiger partial charge in [-0.2, -0.15) is 5.26 Å². The summed E-state index contributed by atoms with van der Waals surface area (Å²) in [7, 11) is 0. The van der Waals surface area contributed by atoms with Gasteiger partial charge in [-0.25, -0.2) is 0 Å². The van der Waals surface area contributed by atoms with Gasteiger partial charge in [0, 0.05) is 50.5 Å². The van der Waals surface area contributed by atoms with Crippen LogP contribution in [0.2, 0.25) is 0 Å². The first-order chi connectivity index (χ1) is 16.9. The van der Waals surface area contributed by atoms with E-state index in [1.165, 1.54) is 22.3 Å². The predicted molar refractivity (Wildman–Crippen MR) is 147 cm³/mol. The summed E-state index contributed by atoms with van der Waals surface area (Å²) in [4.78, 5) is 32.7. The van der Waals surface area contributed by atoms with Crippen LogP contribution in [0.25, 0.3) is 6.08 Å². The highest BCUT2D eigenvalue weighted by atomic mass is 32.2. The molecule has 0 radical (unpaired) electrons. The Morgan fingerprint density at radius 1 is 1.14 bits per heavy atom. The van der Waals surface area contributed by atoms with Gasteiger partial charge in [0.25, 0.3) is 11.5 Å². The largest absolute Gasteiger partial charge is 0.368 e. The number of nitriles is 1. The average molecular weight is 506 g/mol. The van der Waals surface area contributed by atoms with Gasteiger partial charge in [-0.1, -0.05) is 48.3 Å². The fourth-order valence-corrected chi connectivity index (χ4v) is 5.77. The SMILES string of the molecule is C=CCN1C(=O)C(=Cc2c(C)c(C#N)c(=O)n(CC)c2N2CCN(c3ccccc3)CC2)SC1=S. The van der Waals surface area contributed by atoms with E-state index in [9.17, 15) is 14.9 Å². The van der Waals surface area contributed by atoms with E-state index < -0.39 is 0 Å². The Morgan fingerprint density at radius 3 is 2.40 bits per heavy atom. The minimum absolute atomic E-state index is 0.103. The topological polar surface area (TPSA) is 72.6 Å². The van der Waals surface area contributed by atoms with E-state index >= 15 is 0 Å². The lowest BCUT2D eigenvalue weighted by Crippen LogP contribution is -2.48. The Hall–Kier alpha value is -3.35. The summed E-state index contributed by atoms with van der Waals surface area (Å²) in [6, 6.07) is 12.3. The summed E-state index contributed by atoms with van der Waals surface area (Å²) >= 11 is 6.63. The Kier molecular flexibility index (Phi) is 7.43. The smallest absolute Gasteiger partial charge is 0.270 e. The number of aromatic nitrogens is 1. The summed E-state index contributed by atoms with van der Waals surface area (Å²) in [6.07, 6.45) is 3.44. The highest BCUT2D eigenvalue weighted by Crippen LogP contribution is 2.36.